The lowest BCUT2D eigenvalue weighted by molar-refractivity contribution is 0.0949. The fourth-order valence-electron chi connectivity index (χ4n) is 3.43. The Balaban J connectivity index is 1.50. The highest BCUT2D eigenvalue weighted by Crippen LogP contribution is 2.23. The predicted octanol–water partition coefficient (Wildman–Crippen LogP) is 4.87. The van der Waals surface area contributed by atoms with E-state index in [0.29, 0.717) is 23.7 Å². The van der Waals surface area contributed by atoms with Crippen LogP contribution in [0.25, 0.3) is 0 Å². The van der Waals surface area contributed by atoms with Gasteiger partial charge in [-0.3, -0.25) is 4.79 Å². The molecule has 0 aliphatic heterocycles. The number of aryl methyl sites for hydroxylation is 1. The van der Waals surface area contributed by atoms with E-state index in [2.05, 4.69) is 63.4 Å². The summed E-state index contributed by atoms with van der Waals surface area (Å²) in [7, 11) is 1.60. The van der Waals surface area contributed by atoms with Crippen molar-refractivity contribution in [3.8, 4) is 5.75 Å². The molecular weight excluding hydrogens is 432 g/mol. The molecule has 33 heavy (non-hydrogen) atoms. The summed E-state index contributed by atoms with van der Waals surface area (Å²) in [4.78, 5) is 12.6. The van der Waals surface area contributed by atoms with Crippen LogP contribution in [0, 0.1) is 6.92 Å². The standard InChI is InChI=1S/C26H26N4O2S/c1-19-7-6-10-21(15-19)18-33-26-29-28-24(30(26)17-20-8-4-3-5-9-20)16-27-25(31)22-11-13-23(32-2)14-12-22/h3-15H,16-18H2,1-2H3,(H,27,31). The molecule has 0 saturated heterocycles. The van der Waals surface area contributed by atoms with Crippen molar-refractivity contribution < 1.29 is 9.53 Å². The minimum absolute atomic E-state index is 0.166. The maximum absolute atomic E-state index is 12.6. The SMILES string of the molecule is COc1ccc(C(=O)NCc2nnc(SCc3cccc(C)c3)n2Cc2ccccc2)cc1. The number of carbonyl (C=O) groups excluding carboxylic acids is 1. The van der Waals surface area contributed by atoms with Crippen LogP contribution in [0.3, 0.4) is 0 Å². The zero-order chi connectivity index (χ0) is 23.0. The average Bonchev–Trinajstić information content (AvgIpc) is 3.23. The Morgan fingerprint density at radius 2 is 1.73 bits per heavy atom. The molecule has 0 bridgehead atoms. The molecule has 0 atom stereocenters. The van der Waals surface area contributed by atoms with Gasteiger partial charge in [-0.1, -0.05) is 71.9 Å². The van der Waals surface area contributed by atoms with Crippen molar-refractivity contribution >= 4 is 17.7 Å². The Hall–Kier alpha value is -3.58. The number of thioether (sulfide) groups is 1. The van der Waals surface area contributed by atoms with Crippen molar-refractivity contribution in [2.45, 2.75) is 30.9 Å². The number of hydrogen-bond acceptors (Lipinski definition) is 5. The molecule has 0 unspecified atom stereocenters. The van der Waals surface area contributed by atoms with Gasteiger partial charge in [-0.05, 0) is 42.3 Å². The van der Waals surface area contributed by atoms with Crippen LogP contribution in [-0.2, 0) is 18.8 Å². The number of benzene rings is 3. The molecular formula is C26H26N4O2S. The number of aromatic nitrogens is 3. The number of carbonyl (C=O) groups is 1. The highest BCUT2D eigenvalue weighted by molar-refractivity contribution is 7.98. The summed E-state index contributed by atoms with van der Waals surface area (Å²) in [5.74, 6) is 2.06. The molecule has 0 aliphatic rings. The first-order valence-electron chi connectivity index (χ1n) is 10.7. The Kier molecular flexibility index (Phi) is 7.42. The average molecular weight is 459 g/mol. The van der Waals surface area contributed by atoms with Crippen LogP contribution in [0.15, 0.2) is 84.0 Å². The van der Waals surface area contributed by atoms with Crippen LogP contribution in [0.1, 0.15) is 32.9 Å². The fraction of sp³-hybridized carbons (Fsp3) is 0.192. The Bertz CT molecular complexity index is 1210. The lowest BCUT2D eigenvalue weighted by Crippen LogP contribution is -2.25. The van der Waals surface area contributed by atoms with E-state index in [1.807, 2.05) is 18.2 Å². The molecule has 1 amide bonds. The van der Waals surface area contributed by atoms with E-state index >= 15 is 0 Å². The number of ether oxygens (including phenoxy) is 1. The lowest BCUT2D eigenvalue weighted by Gasteiger charge is -2.11. The van der Waals surface area contributed by atoms with Crippen LogP contribution in [0.2, 0.25) is 0 Å². The van der Waals surface area contributed by atoms with Gasteiger partial charge >= 0.3 is 0 Å². The minimum Gasteiger partial charge on any atom is -0.497 e. The van der Waals surface area contributed by atoms with Crippen LogP contribution in [0.5, 0.6) is 5.75 Å². The van der Waals surface area contributed by atoms with E-state index in [0.717, 1.165) is 16.5 Å². The van der Waals surface area contributed by atoms with Crippen LogP contribution >= 0.6 is 11.8 Å². The second kappa shape index (κ2) is 10.8. The molecule has 0 fully saturated rings. The van der Waals surface area contributed by atoms with Gasteiger partial charge in [0.05, 0.1) is 20.2 Å². The summed E-state index contributed by atoms with van der Waals surface area (Å²) in [5.41, 5.74) is 4.20. The Labute approximate surface area is 198 Å². The number of hydrogen-bond donors (Lipinski definition) is 1. The van der Waals surface area contributed by atoms with Gasteiger partial charge in [0.1, 0.15) is 5.75 Å². The molecule has 0 spiro atoms. The number of nitrogens with zero attached hydrogens (tertiary/aromatic N) is 3. The third kappa shape index (κ3) is 6.02. The van der Waals surface area contributed by atoms with Gasteiger partial charge in [0.2, 0.25) is 0 Å². The van der Waals surface area contributed by atoms with Crippen molar-refractivity contribution in [2.24, 2.45) is 0 Å². The Morgan fingerprint density at radius 1 is 0.970 bits per heavy atom. The van der Waals surface area contributed by atoms with Gasteiger partial charge in [-0.25, -0.2) is 0 Å². The van der Waals surface area contributed by atoms with Gasteiger partial charge in [-0.2, -0.15) is 0 Å². The third-order valence-corrected chi connectivity index (χ3v) is 6.22. The molecule has 168 valence electrons. The quantitative estimate of drug-likeness (QED) is 0.363. The summed E-state index contributed by atoms with van der Waals surface area (Å²) in [6, 6.07) is 25.7. The number of nitrogens with one attached hydrogen (secondary N) is 1. The van der Waals surface area contributed by atoms with E-state index in [9.17, 15) is 4.79 Å². The first kappa shape index (κ1) is 22.6. The second-order valence-corrected chi connectivity index (χ2v) is 8.60. The second-order valence-electron chi connectivity index (χ2n) is 7.66. The third-order valence-electron chi connectivity index (χ3n) is 5.19. The highest BCUT2D eigenvalue weighted by atomic mass is 32.2. The van der Waals surface area contributed by atoms with E-state index in [1.54, 1.807) is 43.1 Å². The molecule has 4 rings (SSSR count). The zero-order valence-electron chi connectivity index (χ0n) is 18.7. The molecule has 0 aliphatic carbocycles. The molecule has 1 heterocycles. The normalized spacial score (nSPS) is 10.7. The monoisotopic (exact) mass is 458 g/mol. The molecule has 3 aromatic carbocycles. The topological polar surface area (TPSA) is 69.0 Å². The molecule has 0 radical (unpaired) electrons. The maximum Gasteiger partial charge on any atom is 0.251 e. The maximum atomic E-state index is 12.6. The van der Waals surface area contributed by atoms with Crippen molar-refractivity contribution in [1.29, 1.82) is 0 Å². The van der Waals surface area contributed by atoms with Crippen molar-refractivity contribution in [3.63, 3.8) is 0 Å². The molecule has 1 aromatic heterocycles. The minimum atomic E-state index is -0.166. The summed E-state index contributed by atoms with van der Waals surface area (Å²) >= 11 is 1.65. The van der Waals surface area contributed by atoms with Gasteiger partial charge in [0.15, 0.2) is 11.0 Å². The molecule has 6 nitrogen and oxygen atoms in total. The molecule has 4 aromatic rings. The van der Waals surface area contributed by atoms with Crippen molar-refractivity contribution in [3.05, 3.63) is 107 Å². The van der Waals surface area contributed by atoms with E-state index in [4.69, 9.17) is 4.74 Å². The number of rotatable bonds is 9. The first-order valence-corrected chi connectivity index (χ1v) is 11.7. The summed E-state index contributed by atoms with van der Waals surface area (Å²) in [5, 5.41) is 12.6. The number of methoxy groups -OCH3 is 1. The molecule has 7 heteroatoms. The van der Waals surface area contributed by atoms with Crippen LogP contribution in [0.4, 0.5) is 0 Å². The van der Waals surface area contributed by atoms with Gasteiger partial charge in [-0.15, -0.1) is 10.2 Å². The predicted molar refractivity (Wildman–Crippen MR) is 130 cm³/mol. The van der Waals surface area contributed by atoms with Crippen LogP contribution < -0.4 is 10.1 Å². The van der Waals surface area contributed by atoms with Gasteiger partial charge in [0, 0.05) is 11.3 Å². The van der Waals surface area contributed by atoms with E-state index in [1.165, 1.54) is 11.1 Å². The van der Waals surface area contributed by atoms with Gasteiger partial charge in [0.25, 0.3) is 5.91 Å². The largest absolute Gasteiger partial charge is 0.497 e. The van der Waals surface area contributed by atoms with Gasteiger partial charge < -0.3 is 14.6 Å². The summed E-state index contributed by atoms with van der Waals surface area (Å²) < 4.78 is 7.23. The molecule has 0 saturated carbocycles. The smallest absolute Gasteiger partial charge is 0.251 e. The van der Waals surface area contributed by atoms with Crippen molar-refractivity contribution in [1.82, 2.24) is 20.1 Å². The lowest BCUT2D eigenvalue weighted by atomic mass is 10.2. The summed E-state index contributed by atoms with van der Waals surface area (Å²) in [6.45, 7) is 3.02. The van der Waals surface area contributed by atoms with Crippen molar-refractivity contribution in [2.75, 3.05) is 7.11 Å². The zero-order valence-corrected chi connectivity index (χ0v) is 19.5. The van der Waals surface area contributed by atoms with Crippen LogP contribution in [-0.4, -0.2) is 27.8 Å². The number of amides is 1. The highest BCUT2D eigenvalue weighted by Gasteiger charge is 2.15. The first-order chi connectivity index (χ1) is 16.1. The Morgan fingerprint density at radius 3 is 2.45 bits per heavy atom. The summed E-state index contributed by atoms with van der Waals surface area (Å²) in [6.07, 6.45) is 0. The fourth-order valence-corrected chi connectivity index (χ4v) is 4.33. The van der Waals surface area contributed by atoms with E-state index in [-0.39, 0.29) is 12.5 Å². The molecule has 1 N–H and O–H groups in total. The van der Waals surface area contributed by atoms with E-state index < -0.39 is 0 Å².